The van der Waals surface area contributed by atoms with Crippen LogP contribution in [0, 0.1) is 0 Å². The van der Waals surface area contributed by atoms with Gasteiger partial charge in [0.2, 0.25) is 5.78 Å². The van der Waals surface area contributed by atoms with Crippen LogP contribution in [-0.4, -0.2) is 45.0 Å². The van der Waals surface area contributed by atoms with Crippen LogP contribution in [0.1, 0.15) is 20.9 Å². The Morgan fingerprint density at radius 2 is 1.92 bits per heavy atom. The van der Waals surface area contributed by atoms with Crippen LogP contribution in [0.5, 0.6) is 11.5 Å². The van der Waals surface area contributed by atoms with Crippen LogP contribution in [0.4, 0.5) is 0 Å². The van der Waals surface area contributed by atoms with E-state index in [2.05, 4.69) is 5.32 Å². The lowest BCUT2D eigenvalue weighted by molar-refractivity contribution is -0.141. The Morgan fingerprint density at radius 1 is 1.12 bits per heavy atom. The minimum Gasteiger partial charge on any atom is -0.497 e. The molecule has 1 heterocycles. The van der Waals surface area contributed by atoms with E-state index in [1.165, 1.54) is 32.6 Å². The van der Waals surface area contributed by atoms with Crippen LogP contribution < -0.4 is 14.8 Å². The van der Waals surface area contributed by atoms with Gasteiger partial charge in [-0.2, -0.15) is 0 Å². The van der Waals surface area contributed by atoms with Gasteiger partial charge < -0.3 is 23.9 Å². The van der Waals surface area contributed by atoms with E-state index in [4.69, 9.17) is 18.6 Å². The van der Waals surface area contributed by atoms with Crippen molar-refractivity contribution in [1.29, 1.82) is 0 Å². The van der Waals surface area contributed by atoms with E-state index >= 15 is 0 Å². The zero-order valence-corrected chi connectivity index (χ0v) is 13.7. The Hall–Kier alpha value is -3.29. The summed E-state index contributed by atoms with van der Waals surface area (Å²) in [6, 6.07) is 7.68. The van der Waals surface area contributed by atoms with Crippen LogP contribution >= 0.6 is 0 Å². The number of hydrogen-bond acceptors (Lipinski definition) is 7. The van der Waals surface area contributed by atoms with Gasteiger partial charge in [-0.25, -0.2) is 0 Å². The SMILES string of the molecule is COc1ccc(C(=O)COC(=O)CNC(=O)c2ccco2)c(OC)c1. The number of furan rings is 1. The molecule has 1 aromatic carbocycles. The summed E-state index contributed by atoms with van der Waals surface area (Å²) >= 11 is 0. The van der Waals surface area contributed by atoms with E-state index in [1.807, 2.05) is 0 Å². The summed E-state index contributed by atoms with van der Waals surface area (Å²) in [6.45, 7) is -0.856. The van der Waals surface area contributed by atoms with E-state index in [-0.39, 0.29) is 17.9 Å². The van der Waals surface area contributed by atoms with Gasteiger partial charge in [0.1, 0.15) is 18.0 Å². The largest absolute Gasteiger partial charge is 0.497 e. The zero-order valence-electron chi connectivity index (χ0n) is 13.7. The van der Waals surface area contributed by atoms with Gasteiger partial charge >= 0.3 is 5.97 Å². The van der Waals surface area contributed by atoms with E-state index in [9.17, 15) is 14.4 Å². The normalized spacial score (nSPS) is 10.0. The number of hydrogen-bond donors (Lipinski definition) is 1. The van der Waals surface area contributed by atoms with Crippen molar-refractivity contribution in [2.75, 3.05) is 27.4 Å². The molecule has 8 heteroatoms. The van der Waals surface area contributed by atoms with E-state index in [0.29, 0.717) is 11.5 Å². The lowest BCUT2D eigenvalue weighted by Crippen LogP contribution is -2.31. The van der Waals surface area contributed by atoms with Crippen LogP contribution in [0.25, 0.3) is 0 Å². The molecule has 0 aliphatic carbocycles. The molecular formula is C17H17NO7. The van der Waals surface area contributed by atoms with Crippen molar-refractivity contribution < 1.29 is 33.0 Å². The third-order valence-corrected chi connectivity index (χ3v) is 3.21. The minimum atomic E-state index is -0.749. The first kappa shape index (κ1) is 18.1. The lowest BCUT2D eigenvalue weighted by atomic mass is 10.1. The summed E-state index contributed by atoms with van der Waals surface area (Å²) in [5, 5.41) is 2.33. The molecule has 0 saturated carbocycles. The van der Waals surface area contributed by atoms with E-state index in [1.54, 1.807) is 18.2 Å². The second-order valence-corrected chi connectivity index (χ2v) is 4.81. The number of carbonyl (C=O) groups excluding carboxylic acids is 3. The summed E-state index contributed by atoms with van der Waals surface area (Å²) in [6.07, 6.45) is 1.34. The van der Waals surface area contributed by atoms with Crippen LogP contribution in [-0.2, 0) is 9.53 Å². The van der Waals surface area contributed by atoms with E-state index in [0.717, 1.165) is 0 Å². The highest BCUT2D eigenvalue weighted by Gasteiger charge is 2.16. The Kier molecular flexibility index (Phi) is 6.16. The predicted octanol–water partition coefficient (Wildman–Crippen LogP) is 1.45. The molecule has 0 saturated heterocycles. The molecule has 1 N–H and O–H groups in total. The number of Topliss-reactive ketones (excluding diaryl/α,β-unsaturated/α-hetero) is 1. The van der Waals surface area contributed by atoms with Crippen molar-refractivity contribution in [3.8, 4) is 11.5 Å². The average Bonchev–Trinajstić information content (AvgIpc) is 3.18. The van der Waals surface area contributed by atoms with Gasteiger partial charge in [-0.1, -0.05) is 0 Å². The molecule has 0 spiro atoms. The number of methoxy groups -OCH3 is 2. The maximum Gasteiger partial charge on any atom is 0.325 e. The van der Waals surface area contributed by atoms with Gasteiger partial charge in [-0.15, -0.1) is 0 Å². The van der Waals surface area contributed by atoms with Crippen LogP contribution in [0.2, 0.25) is 0 Å². The highest BCUT2D eigenvalue weighted by molar-refractivity contribution is 6.00. The molecule has 132 valence electrons. The van der Waals surface area contributed by atoms with Crippen molar-refractivity contribution in [2.45, 2.75) is 0 Å². The maximum absolute atomic E-state index is 12.2. The minimum absolute atomic E-state index is 0.0758. The van der Waals surface area contributed by atoms with Gasteiger partial charge in [0, 0.05) is 6.07 Å². The first-order chi connectivity index (χ1) is 12.0. The number of ketones is 1. The standard InChI is InChI=1S/C17H17NO7/c1-22-11-5-6-12(15(8-11)23-2)13(19)10-25-16(20)9-18-17(21)14-4-3-7-24-14/h3-8H,9-10H2,1-2H3,(H,18,21). The summed E-state index contributed by atoms with van der Waals surface area (Å²) in [5.74, 6) is -0.819. The van der Waals surface area contributed by atoms with E-state index < -0.39 is 24.3 Å². The third kappa shape index (κ3) is 4.84. The van der Waals surface area contributed by atoms with Crippen LogP contribution in [0.3, 0.4) is 0 Å². The Labute approximate surface area is 143 Å². The Morgan fingerprint density at radius 3 is 2.56 bits per heavy atom. The second kappa shape index (κ2) is 8.53. The van der Waals surface area contributed by atoms with Gasteiger partial charge in [0.15, 0.2) is 12.4 Å². The van der Waals surface area contributed by atoms with Crippen LogP contribution in [0.15, 0.2) is 41.0 Å². The summed E-state index contributed by atoms with van der Waals surface area (Å²) in [4.78, 5) is 35.4. The average molecular weight is 347 g/mol. The van der Waals surface area contributed by atoms with Crippen molar-refractivity contribution >= 4 is 17.7 Å². The summed E-state index contributed by atoms with van der Waals surface area (Å²) in [5.41, 5.74) is 0.260. The van der Waals surface area contributed by atoms with Crippen molar-refractivity contribution in [3.63, 3.8) is 0 Å². The smallest absolute Gasteiger partial charge is 0.325 e. The molecule has 0 atom stereocenters. The molecule has 25 heavy (non-hydrogen) atoms. The molecule has 0 aliphatic rings. The molecule has 0 radical (unpaired) electrons. The van der Waals surface area contributed by atoms with Crippen molar-refractivity contribution in [3.05, 3.63) is 47.9 Å². The van der Waals surface area contributed by atoms with Gasteiger partial charge in [-0.3, -0.25) is 14.4 Å². The highest BCUT2D eigenvalue weighted by Crippen LogP contribution is 2.24. The maximum atomic E-state index is 12.2. The number of amides is 1. The predicted molar refractivity (Wildman–Crippen MR) is 85.9 cm³/mol. The number of benzene rings is 1. The number of nitrogens with one attached hydrogen (secondary N) is 1. The molecule has 0 bridgehead atoms. The lowest BCUT2D eigenvalue weighted by Gasteiger charge is -2.10. The molecule has 2 rings (SSSR count). The van der Waals surface area contributed by atoms with Crippen molar-refractivity contribution in [1.82, 2.24) is 5.32 Å². The number of ether oxygens (including phenoxy) is 3. The fraction of sp³-hybridized carbons (Fsp3) is 0.235. The molecule has 1 aromatic heterocycles. The molecule has 8 nitrogen and oxygen atoms in total. The second-order valence-electron chi connectivity index (χ2n) is 4.81. The molecule has 1 amide bonds. The number of esters is 1. The summed E-state index contributed by atoms with van der Waals surface area (Å²) < 4.78 is 19.9. The Bertz CT molecular complexity index is 752. The monoisotopic (exact) mass is 347 g/mol. The first-order valence-corrected chi connectivity index (χ1v) is 7.27. The topological polar surface area (TPSA) is 104 Å². The van der Waals surface area contributed by atoms with Gasteiger partial charge in [-0.05, 0) is 24.3 Å². The molecule has 2 aromatic rings. The number of rotatable bonds is 8. The van der Waals surface area contributed by atoms with Gasteiger partial charge in [0.05, 0.1) is 26.0 Å². The third-order valence-electron chi connectivity index (χ3n) is 3.21. The summed E-state index contributed by atoms with van der Waals surface area (Å²) in [7, 11) is 2.91. The fourth-order valence-electron chi connectivity index (χ4n) is 1.95. The zero-order chi connectivity index (χ0) is 18.2. The fourth-order valence-corrected chi connectivity index (χ4v) is 1.95. The highest BCUT2D eigenvalue weighted by atomic mass is 16.5. The first-order valence-electron chi connectivity index (χ1n) is 7.27. The Balaban J connectivity index is 1.85. The molecule has 0 fully saturated rings. The van der Waals surface area contributed by atoms with Crippen molar-refractivity contribution in [2.24, 2.45) is 0 Å². The quantitative estimate of drug-likeness (QED) is 0.569. The molecular weight excluding hydrogens is 330 g/mol. The molecule has 0 unspecified atom stereocenters. The van der Waals surface area contributed by atoms with Gasteiger partial charge in [0.25, 0.3) is 5.91 Å². The molecule has 0 aliphatic heterocycles. The number of carbonyl (C=O) groups is 3.